The zero-order chi connectivity index (χ0) is 20.9. The van der Waals surface area contributed by atoms with Crippen molar-refractivity contribution in [1.82, 2.24) is 4.90 Å². The van der Waals surface area contributed by atoms with Crippen molar-refractivity contribution < 1.29 is 19.6 Å². The van der Waals surface area contributed by atoms with Gasteiger partial charge in [0.1, 0.15) is 6.04 Å². The zero-order valence-corrected chi connectivity index (χ0v) is 17.3. The van der Waals surface area contributed by atoms with Crippen LogP contribution in [0.15, 0.2) is 60.7 Å². The monoisotopic (exact) mass is 406 g/mol. The van der Waals surface area contributed by atoms with Crippen molar-refractivity contribution in [1.29, 1.82) is 0 Å². The predicted octanol–water partition coefficient (Wildman–Crippen LogP) is 1.06. The molecular weight excluding hydrogens is 376 g/mol. The summed E-state index contributed by atoms with van der Waals surface area (Å²) in [6.07, 6.45) is 3.03. The van der Waals surface area contributed by atoms with Gasteiger partial charge >= 0.3 is 0 Å². The minimum absolute atomic E-state index is 0.0129. The van der Waals surface area contributed by atoms with Gasteiger partial charge in [-0.15, -0.1) is 0 Å². The molecule has 1 N–H and O–H groups in total. The highest BCUT2D eigenvalue weighted by Crippen LogP contribution is 2.31. The molecule has 5 nitrogen and oxygen atoms in total. The minimum atomic E-state index is -1.06. The maximum atomic E-state index is 13.1. The first-order valence-corrected chi connectivity index (χ1v) is 11.1. The maximum absolute atomic E-state index is 13.1. The van der Waals surface area contributed by atoms with Crippen molar-refractivity contribution in [2.75, 3.05) is 26.2 Å². The molecule has 0 bridgehead atoms. The normalized spacial score (nSPS) is 22.8. The molecule has 0 aromatic heterocycles. The fourth-order valence-electron chi connectivity index (χ4n) is 5.20. The summed E-state index contributed by atoms with van der Waals surface area (Å²) in [5, 5.41) is 11.5. The Morgan fingerprint density at radius 1 is 0.833 bits per heavy atom. The number of hydrogen-bond donors (Lipinski definition) is 1. The van der Waals surface area contributed by atoms with Gasteiger partial charge in [-0.3, -0.25) is 4.79 Å². The largest absolute Gasteiger partial charge is 0.550 e. The first kappa shape index (κ1) is 20.6. The molecule has 1 aliphatic carbocycles. The number of piperazine rings is 1. The van der Waals surface area contributed by atoms with Gasteiger partial charge in [-0.25, -0.2) is 0 Å². The molecule has 30 heavy (non-hydrogen) atoms. The number of amides is 1. The molecule has 4 rings (SSSR count). The van der Waals surface area contributed by atoms with Crippen LogP contribution in [-0.4, -0.2) is 43.0 Å². The number of nitrogens with one attached hydrogen (secondary N) is 1. The number of rotatable bonds is 5. The summed E-state index contributed by atoms with van der Waals surface area (Å²) in [5.74, 6) is -2.09. The Kier molecular flexibility index (Phi) is 6.48. The van der Waals surface area contributed by atoms with Gasteiger partial charge in [-0.2, -0.15) is 0 Å². The standard InChI is InChI=1S/C25H30N2O3/c28-24(21-13-7-8-14-22(21)25(29)30)27-17-15-26(16-18-27)23(19-9-3-1-4-10-19)20-11-5-2-6-12-20/h1-6,9-12,21-23H,7-8,13-18H2,(H,29,30). The van der Waals surface area contributed by atoms with E-state index in [1.807, 2.05) is 17.0 Å². The summed E-state index contributed by atoms with van der Waals surface area (Å²) in [6, 6.07) is 21.3. The van der Waals surface area contributed by atoms with Crippen molar-refractivity contribution in [3.63, 3.8) is 0 Å². The predicted molar refractivity (Wildman–Crippen MR) is 112 cm³/mol. The smallest absolute Gasteiger partial charge is 0.226 e. The third-order valence-corrected chi connectivity index (χ3v) is 6.78. The van der Waals surface area contributed by atoms with Crippen LogP contribution in [-0.2, 0) is 9.59 Å². The lowest BCUT2D eigenvalue weighted by Crippen LogP contribution is -3.15. The summed E-state index contributed by atoms with van der Waals surface area (Å²) in [6.45, 7) is 3.03. The molecule has 1 heterocycles. The molecule has 0 spiro atoms. The molecule has 158 valence electrons. The van der Waals surface area contributed by atoms with Crippen LogP contribution in [0.5, 0.6) is 0 Å². The van der Waals surface area contributed by atoms with Gasteiger partial charge in [0.25, 0.3) is 0 Å². The second-order valence-corrected chi connectivity index (χ2v) is 8.55. The number of carbonyl (C=O) groups excluding carboxylic acids is 2. The van der Waals surface area contributed by atoms with E-state index >= 15 is 0 Å². The zero-order valence-electron chi connectivity index (χ0n) is 17.3. The Balaban J connectivity index is 1.47. The Bertz CT molecular complexity index is 808. The van der Waals surface area contributed by atoms with Gasteiger partial charge in [-0.05, 0) is 12.8 Å². The number of aliphatic carboxylic acids is 1. The Morgan fingerprint density at radius 3 is 1.83 bits per heavy atom. The third-order valence-electron chi connectivity index (χ3n) is 6.78. The highest BCUT2D eigenvalue weighted by atomic mass is 16.4. The van der Waals surface area contributed by atoms with Gasteiger partial charge < -0.3 is 19.7 Å². The van der Waals surface area contributed by atoms with E-state index in [0.717, 1.165) is 25.9 Å². The molecule has 2 fully saturated rings. The molecule has 1 saturated heterocycles. The number of nitrogens with zero attached hydrogens (tertiary/aromatic N) is 1. The van der Waals surface area contributed by atoms with E-state index in [0.29, 0.717) is 25.9 Å². The van der Waals surface area contributed by atoms with E-state index in [4.69, 9.17) is 0 Å². The lowest BCUT2D eigenvalue weighted by molar-refractivity contribution is -0.929. The number of carbonyl (C=O) groups is 2. The van der Waals surface area contributed by atoms with E-state index in [1.54, 1.807) is 0 Å². The van der Waals surface area contributed by atoms with Gasteiger partial charge in [0.2, 0.25) is 5.91 Å². The number of carboxylic acids is 1. The molecule has 2 aliphatic rings. The lowest BCUT2D eigenvalue weighted by Gasteiger charge is -2.40. The highest BCUT2D eigenvalue weighted by Gasteiger charge is 2.37. The Hall–Kier alpha value is -2.66. The summed E-state index contributed by atoms with van der Waals surface area (Å²) in [7, 11) is 0. The molecule has 5 heteroatoms. The molecule has 1 aliphatic heterocycles. The fourth-order valence-corrected chi connectivity index (χ4v) is 5.20. The maximum Gasteiger partial charge on any atom is 0.226 e. The second kappa shape index (κ2) is 9.43. The van der Waals surface area contributed by atoms with Crippen molar-refractivity contribution in [2.24, 2.45) is 11.8 Å². The Morgan fingerprint density at radius 2 is 1.33 bits per heavy atom. The average molecular weight is 407 g/mol. The molecule has 1 amide bonds. The van der Waals surface area contributed by atoms with Crippen LogP contribution in [0.25, 0.3) is 0 Å². The minimum Gasteiger partial charge on any atom is -0.550 e. The molecule has 2 unspecified atom stereocenters. The topological polar surface area (TPSA) is 64.9 Å². The molecule has 2 aromatic rings. The van der Waals surface area contributed by atoms with Gasteiger partial charge in [0.05, 0.1) is 26.2 Å². The molecule has 1 saturated carbocycles. The summed E-state index contributed by atoms with van der Waals surface area (Å²) >= 11 is 0. The highest BCUT2D eigenvalue weighted by molar-refractivity contribution is 5.84. The number of benzene rings is 2. The molecule has 2 atom stereocenters. The lowest BCUT2D eigenvalue weighted by atomic mass is 9.78. The van der Waals surface area contributed by atoms with Gasteiger partial charge in [0, 0.05) is 28.9 Å². The first-order chi connectivity index (χ1) is 14.6. The van der Waals surface area contributed by atoms with E-state index in [1.165, 1.54) is 16.0 Å². The van der Waals surface area contributed by atoms with Crippen LogP contribution < -0.4 is 10.0 Å². The number of carboxylic acid groups (broad SMARTS) is 1. The molecule has 0 radical (unpaired) electrons. The first-order valence-electron chi connectivity index (χ1n) is 11.1. The van der Waals surface area contributed by atoms with Crippen molar-refractivity contribution in [2.45, 2.75) is 31.7 Å². The summed E-state index contributed by atoms with van der Waals surface area (Å²) < 4.78 is 0. The van der Waals surface area contributed by atoms with E-state index in [9.17, 15) is 14.7 Å². The quantitative estimate of drug-likeness (QED) is 0.808. The van der Waals surface area contributed by atoms with Crippen molar-refractivity contribution >= 4 is 11.9 Å². The van der Waals surface area contributed by atoms with Crippen LogP contribution in [0.2, 0.25) is 0 Å². The number of quaternary nitrogens is 1. The van der Waals surface area contributed by atoms with Gasteiger partial charge in [-0.1, -0.05) is 73.5 Å². The SMILES string of the molecule is O=C([O-])C1CCCCC1C(=O)N1CC[NH+](C(c2ccccc2)c2ccccc2)CC1. The molecular formula is C25H30N2O3. The third kappa shape index (κ3) is 4.41. The van der Waals surface area contributed by atoms with Crippen molar-refractivity contribution in [3.05, 3.63) is 71.8 Å². The number of hydrogen-bond acceptors (Lipinski definition) is 3. The second-order valence-electron chi connectivity index (χ2n) is 8.55. The van der Waals surface area contributed by atoms with Crippen LogP contribution in [0.1, 0.15) is 42.9 Å². The summed E-state index contributed by atoms with van der Waals surface area (Å²) in [4.78, 5) is 28.0. The van der Waals surface area contributed by atoms with E-state index < -0.39 is 17.8 Å². The average Bonchev–Trinajstić information content (AvgIpc) is 2.81. The Labute approximate surface area is 178 Å². The van der Waals surface area contributed by atoms with Gasteiger partial charge in [0.15, 0.2) is 0 Å². The van der Waals surface area contributed by atoms with Crippen LogP contribution >= 0.6 is 0 Å². The fraction of sp³-hybridized carbons (Fsp3) is 0.440. The van der Waals surface area contributed by atoms with Crippen molar-refractivity contribution in [3.8, 4) is 0 Å². The van der Waals surface area contributed by atoms with Crippen LogP contribution in [0.3, 0.4) is 0 Å². The van der Waals surface area contributed by atoms with E-state index in [-0.39, 0.29) is 11.9 Å². The van der Waals surface area contributed by atoms with Crippen LogP contribution in [0, 0.1) is 11.8 Å². The molecule has 2 aromatic carbocycles. The van der Waals surface area contributed by atoms with E-state index in [2.05, 4.69) is 48.5 Å². The summed E-state index contributed by atoms with van der Waals surface area (Å²) in [5.41, 5.74) is 2.56. The van der Waals surface area contributed by atoms with Crippen LogP contribution in [0.4, 0.5) is 0 Å².